The molecule has 0 atom stereocenters. The molecule has 4 heterocycles. The fourth-order valence-corrected chi connectivity index (χ4v) is 3.37. The lowest BCUT2D eigenvalue weighted by atomic mass is 10.3. The molecular formula is C15H15N7S. The lowest BCUT2D eigenvalue weighted by molar-refractivity contribution is 0.598. The first-order valence-corrected chi connectivity index (χ1v) is 8.25. The highest BCUT2D eigenvalue weighted by Gasteiger charge is 2.17. The summed E-state index contributed by atoms with van der Waals surface area (Å²) in [5.41, 5.74) is 2.92. The number of aromatic nitrogens is 7. The van der Waals surface area contributed by atoms with Gasteiger partial charge in [0.2, 0.25) is 4.96 Å². The third kappa shape index (κ3) is 2.40. The average Bonchev–Trinajstić information content (AvgIpc) is 3.22. The predicted molar refractivity (Wildman–Crippen MR) is 88.1 cm³/mol. The van der Waals surface area contributed by atoms with Gasteiger partial charge in [0.15, 0.2) is 10.8 Å². The Morgan fingerprint density at radius 2 is 2.13 bits per heavy atom. The van der Waals surface area contributed by atoms with Gasteiger partial charge in [-0.15, -0.1) is 10.2 Å². The van der Waals surface area contributed by atoms with E-state index in [1.165, 1.54) is 11.3 Å². The molecule has 116 valence electrons. The standard InChI is InChI=1S/C15H15N7S/c1-3-7-21-9-12(10(2)19-21)14-20-22-13(17-18-15(22)23-14)11-5-4-6-16-8-11/h4-6,8-9H,3,7H2,1-2H3. The van der Waals surface area contributed by atoms with Crippen molar-refractivity contribution in [1.29, 1.82) is 0 Å². The Bertz CT molecular complexity index is 951. The maximum absolute atomic E-state index is 4.68. The van der Waals surface area contributed by atoms with E-state index < -0.39 is 0 Å². The molecule has 7 nitrogen and oxygen atoms in total. The van der Waals surface area contributed by atoms with E-state index in [4.69, 9.17) is 0 Å². The smallest absolute Gasteiger partial charge is 0.235 e. The van der Waals surface area contributed by atoms with Crippen molar-refractivity contribution in [2.75, 3.05) is 0 Å². The molecule has 0 fully saturated rings. The van der Waals surface area contributed by atoms with Gasteiger partial charge in [0.05, 0.1) is 11.3 Å². The van der Waals surface area contributed by atoms with Crippen molar-refractivity contribution in [3.63, 3.8) is 0 Å². The van der Waals surface area contributed by atoms with Crippen molar-refractivity contribution < 1.29 is 0 Å². The van der Waals surface area contributed by atoms with Crippen molar-refractivity contribution in [2.24, 2.45) is 0 Å². The molecule has 0 aliphatic carbocycles. The van der Waals surface area contributed by atoms with Crippen LogP contribution in [0.25, 0.3) is 26.9 Å². The molecule has 0 bridgehead atoms. The summed E-state index contributed by atoms with van der Waals surface area (Å²) in [5, 5.41) is 18.6. The summed E-state index contributed by atoms with van der Waals surface area (Å²) in [6.07, 6.45) is 6.60. The van der Waals surface area contributed by atoms with E-state index in [-0.39, 0.29) is 0 Å². The second-order valence-corrected chi connectivity index (χ2v) is 6.21. The Morgan fingerprint density at radius 3 is 2.91 bits per heavy atom. The largest absolute Gasteiger partial charge is 0.272 e. The summed E-state index contributed by atoms with van der Waals surface area (Å²) < 4.78 is 3.74. The lowest BCUT2D eigenvalue weighted by Crippen LogP contribution is -1.96. The minimum Gasteiger partial charge on any atom is -0.272 e. The van der Waals surface area contributed by atoms with E-state index in [1.54, 1.807) is 16.9 Å². The molecule has 0 spiro atoms. The van der Waals surface area contributed by atoms with Gasteiger partial charge in [0, 0.05) is 30.7 Å². The maximum Gasteiger partial charge on any atom is 0.235 e. The molecule has 0 amide bonds. The Labute approximate surface area is 136 Å². The van der Waals surface area contributed by atoms with Crippen LogP contribution >= 0.6 is 11.3 Å². The number of aryl methyl sites for hydroxylation is 2. The fourth-order valence-electron chi connectivity index (χ4n) is 2.47. The second kappa shape index (κ2) is 5.54. The lowest BCUT2D eigenvalue weighted by Gasteiger charge is -1.95. The van der Waals surface area contributed by atoms with Gasteiger partial charge < -0.3 is 0 Å². The van der Waals surface area contributed by atoms with E-state index in [9.17, 15) is 0 Å². The van der Waals surface area contributed by atoms with Gasteiger partial charge in [-0.1, -0.05) is 18.3 Å². The maximum atomic E-state index is 4.68. The van der Waals surface area contributed by atoms with Crippen LogP contribution in [0, 0.1) is 6.92 Å². The summed E-state index contributed by atoms with van der Waals surface area (Å²) in [7, 11) is 0. The zero-order chi connectivity index (χ0) is 15.8. The van der Waals surface area contributed by atoms with Crippen molar-refractivity contribution in [3.05, 3.63) is 36.4 Å². The van der Waals surface area contributed by atoms with E-state index in [0.717, 1.165) is 39.8 Å². The van der Waals surface area contributed by atoms with Crippen LogP contribution in [-0.2, 0) is 6.54 Å². The van der Waals surface area contributed by atoms with Crippen LogP contribution in [0.15, 0.2) is 30.7 Å². The Kier molecular flexibility index (Phi) is 3.38. The first-order valence-electron chi connectivity index (χ1n) is 7.43. The molecule has 0 aliphatic heterocycles. The van der Waals surface area contributed by atoms with Gasteiger partial charge in [-0.3, -0.25) is 9.67 Å². The fraction of sp³-hybridized carbons (Fsp3) is 0.267. The number of rotatable bonds is 4. The third-order valence-corrected chi connectivity index (χ3v) is 4.47. The molecule has 0 saturated carbocycles. The van der Waals surface area contributed by atoms with Crippen molar-refractivity contribution in [3.8, 4) is 22.0 Å². The van der Waals surface area contributed by atoms with Crippen molar-refractivity contribution in [1.82, 2.24) is 34.6 Å². The summed E-state index contributed by atoms with van der Waals surface area (Å²) in [5.74, 6) is 0.703. The molecule has 0 N–H and O–H groups in total. The van der Waals surface area contributed by atoms with Crippen LogP contribution in [0.5, 0.6) is 0 Å². The Morgan fingerprint density at radius 1 is 1.22 bits per heavy atom. The van der Waals surface area contributed by atoms with Crippen LogP contribution in [0.1, 0.15) is 19.0 Å². The number of nitrogens with zero attached hydrogens (tertiary/aromatic N) is 7. The van der Waals surface area contributed by atoms with Crippen LogP contribution in [-0.4, -0.2) is 34.6 Å². The monoisotopic (exact) mass is 325 g/mol. The number of fused-ring (bicyclic) bond motifs is 1. The van der Waals surface area contributed by atoms with Gasteiger partial charge in [-0.05, 0) is 25.5 Å². The minimum atomic E-state index is 0.703. The molecule has 8 heteroatoms. The summed E-state index contributed by atoms with van der Waals surface area (Å²) >= 11 is 1.52. The molecule has 4 aromatic heterocycles. The molecule has 23 heavy (non-hydrogen) atoms. The topological polar surface area (TPSA) is 73.8 Å². The molecule has 4 aromatic rings. The van der Waals surface area contributed by atoms with E-state index in [2.05, 4.69) is 32.3 Å². The second-order valence-electron chi connectivity index (χ2n) is 5.26. The molecule has 0 saturated heterocycles. The average molecular weight is 325 g/mol. The molecule has 0 aromatic carbocycles. The molecular weight excluding hydrogens is 310 g/mol. The number of hydrogen-bond donors (Lipinski definition) is 0. The van der Waals surface area contributed by atoms with E-state index in [0.29, 0.717) is 5.82 Å². The van der Waals surface area contributed by atoms with Crippen LogP contribution in [0.2, 0.25) is 0 Å². The Balaban J connectivity index is 1.80. The Hall–Kier alpha value is -2.61. The number of pyridine rings is 1. The van der Waals surface area contributed by atoms with Gasteiger partial charge in [0.25, 0.3) is 0 Å². The highest BCUT2D eigenvalue weighted by molar-refractivity contribution is 7.19. The molecule has 0 aliphatic rings. The molecule has 0 radical (unpaired) electrons. The first kappa shape index (κ1) is 14.0. The zero-order valence-electron chi connectivity index (χ0n) is 12.8. The van der Waals surface area contributed by atoms with E-state index in [1.807, 2.05) is 29.9 Å². The van der Waals surface area contributed by atoms with Crippen LogP contribution < -0.4 is 0 Å². The highest BCUT2D eigenvalue weighted by Crippen LogP contribution is 2.29. The SMILES string of the molecule is CCCn1cc(-c2nn3c(-c4cccnc4)nnc3s2)c(C)n1. The summed E-state index contributed by atoms with van der Waals surface area (Å²) in [6, 6.07) is 3.83. The molecule has 4 rings (SSSR count). The normalized spacial score (nSPS) is 11.4. The zero-order valence-corrected chi connectivity index (χ0v) is 13.7. The highest BCUT2D eigenvalue weighted by atomic mass is 32.1. The first-order chi connectivity index (χ1) is 11.3. The van der Waals surface area contributed by atoms with Gasteiger partial charge in [0.1, 0.15) is 0 Å². The summed E-state index contributed by atoms with van der Waals surface area (Å²) in [6.45, 7) is 5.05. The number of hydrogen-bond acceptors (Lipinski definition) is 6. The molecule has 0 unspecified atom stereocenters. The van der Waals surface area contributed by atoms with Crippen LogP contribution in [0.4, 0.5) is 0 Å². The third-order valence-electron chi connectivity index (χ3n) is 3.54. The van der Waals surface area contributed by atoms with Gasteiger partial charge >= 0.3 is 0 Å². The minimum absolute atomic E-state index is 0.703. The van der Waals surface area contributed by atoms with E-state index >= 15 is 0 Å². The van der Waals surface area contributed by atoms with Crippen molar-refractivity contribution >= 4 is 16.3 Å². The summed E-state index contributed by atoms with van der Waals surface area (Å²) in [4.78, 5) is 4.90. The van der Waals surface area contributed by atoms with Crippen molar-refractivity contribution in [2.45, 2.75) is 26.8 Å². The predicted octanol–water partition coefficient (Wildman–Crippen LogP) is 2.83. The van der Waals surface area contributed by atoms with Crippen LogP contribution in [0.3, 0.4) is 0 Å². The quantitative estimate of drug-likeness (QED) is 0.577. The van der Waals surface area contributed by atoms with Gasteiger partial charge in [-0.25, -0.2) is 0 Å². The van der Waals surface area contributed by atoms with Gasteiger partial charge in [-0.2, -0.15) is 14.7 Å².